The second-order valence-corrected chi connectivity index (χ2v) is 5.66. The van der Waals surface area contributed by atoms with E-state index in [1.54, 1.807) is 12.4 Å². The molecule has 0 aliphatic heterocycles. The summed E-state index contributed by atoms with van der Waals surface area (Å²) in [7, 11) is 0. The number of hydrogen-bond acceptors (Lipinski definition) is 3. The van der Waals surface area contributed by atoms with Gasteiger partial charge < -0.3 is 4.57 Å². The van der Waals surface area contributed by atoms with Crippen LogP contribution in [0.3, 0.4) is 0 Å². The lowest BCUT2D eigenvalue weighted by molar-refractivity contribution is 0.731. The van der Waals surface area contributed by atoms with E-state index in [0.717, 1.165) is 27.2 Å². The van der Waals surface area contributed by atoms with E-state index in [2.05, 4.69) is 35.4 Å². The van der Waals surface area contributed by atoms with Crippen molar-refractivity contribution in [2.45, 2.75) is 13.0 Å². The summed E-state index contributed by atoms with van der Waals surface area (Å²) in [6, 6.07) is 7.85. The van der Waals surface area contributed by atoms with Gasteiger partial charge in [-0.3, -0.25) is 4.98 Å². The number of alkyl halides is 1. The Hall–Kier alpha value is -1.46. The van der Waals surface area contributed by atoms with Crippen LogP contribution < -0.4 is 0 Å². The van der Waals surface area contributed by atoms with Gasteiger partial charge in [-0.1, -0.05) is 6.07 Å². The molecule has 0 spiro atoms. The summed E-state index contributed by atoms with van der Waals surface area (Å²) in [4.78, 5) is 13.4. The second-order valence-electron chi connectivity index (χ2n) is 4.37. The molecule has 0 fully saturated rings. The van der Waals surface area contributed by atoms with E-state index in [1.807, 2.05) is 24.3 Å². The zero-order chi connectivity index (χ0) is 13.9. The minimum absolute atomic E-state index is 0.534. The molecule has 0 aliphatic rings. The molecule has 0 radical (unpaired) electrons. The normalized spacial score (nSPS) is 11.1. The van der Waals surface area contributed by atoms with E-state index in [1.165, 1.54) is 0 Å². The number of pyridine rings is 2. The van der Waals surface area contributed by atoms with Crippen LogP contribution in [-0.2, 0) is 13.0 Å². The van der Waals surface area contributed by atoms with Crippen LogP contribution in [0.1, 0.15) is 11.5 Å². The highest BCUT2D eigenvalue weighted by Gasteiger charge is 2.12. The lowest BCUT2D eigenvalue weighted by Crippen LogP contribution is -2.07. The quantitative estimate of drug-likeness (QED) is 0.677. The van der Waals surface area contributed by atoms with Gasteiger partial charge in [0.15, 0.2) is 5.65 Å². The van der Waals surface area contributed by atoms with Crippen molar-refractivity contribution >= 4 is 38.7 Å². The molecule has 3 aromatic heterocycles. The zero-order valence-corrected chi connectivity index (χ0v) is 13.0. The number of imidazole rings is 1. The summed E-state index contributed by atoms with van der Waals surface area (Å²) >= 11 is 9.29. The minimum atomic E-state index is 0.534. The van der Waals surface area contributed by atoms with E-state index in [9.17, 15) is 0 Å². The number of aryl methyl sites for hydroxylation is 1. The molecule has 0 unspecified atom stereocenters. The number of aromatic nitrogens is 4. The second kappa shape index (κ2) is 5.89. The number of hydrogen-bond donors (Lipinski definition) is 0. The third-order valence-corrected chi connectivity index (χ3v) is 3.62. The average molecular weight is 352 g/mol. The standard InChI is InChI=1S/C14H12BrClN4/c15-10-7-12-14(18-8-10)20(13(19-12)4-5-16)9-11-3-1-2-6-17-11/h1-3,6-8H,4-5,9H2. The SMILES string of the molecule is ClCCc1nc2cc(Br)cnc2n1Cc1ccccn1. The molecule has 20 heavy (non-hydrogen) atoms. The van der Waals surface area contributed by atoms with Gasteiger partial charge in [0.05, 0.1) is 12.2 Å². The molecule has 3 heterocycles. The lowest BCUT2D eigenvalue weighted by atomic mass is 10.3. The van der Waals surface area contributed by atoms with Gasteiger partial charge in [0.25, 0.3) is 0 Å². The Bertz CT molecular complexity index is 727. The van der Waals surface area contributed by atoms with Gasteiger partial charge in [-0.05, 0) is 34.1 Å². The van der Waals surface area contributed by atoms with E-state index in [4.69, 9.17) is 11.6 Å². The van der Waals surface area contributed by atoms with Crippen LogP contribution in [-0.4, -0.2) is 25.4 Å². The highest BCUT2D eigenvalue weighted by molar-refractivity contribution is 9.10. The monoisotopic (exact) mass is 350 g/mol. The maximum Gasteiger partial charge on any atom is 0.160 e. The summed E-state index contributed by atoms with van der Waals surface area (Å²) < 4.78 is 3.00. The Morgan fingerprint density at radius 2 is 2.15 bits per heavy atom. The van der Waals surface area contributed by atoms with E-state index in [0.29, 0.717) is 18.8 Å². The van der Waals surface area contributed by atoms with Crippen LogP contribution >= 0.6 is 27.5 Å². The smallest absolute Gasteiger partial charge is 0.160 e. The summed E-state index contributed by atoms with van der Waals surface area (Å²) in [5.74, 6) is 1.47. The molecule has 0 aliphatic carbocycles. The lowest BCUT2D eigenvalue weighted by Gasteiger charge is -2.07. The molecule has 6 heteroatoms. The van der Waals surface area contributed by atoms with E-state index in [-0.39, 0.29) is 0 Å². The van der Waals surface area contributed by atoms with Gasteiger partial charge in [-0.15, -0.1) is 11.6 Å². The molecule has 3 aromatic rings. The Morgan fingerprint density at radius 1 is 1.25 bits per heavy atom. The molecule has 3 rings (SSSR count). The molecule has 0 amide bonds. The highest BCUT2D eigenvalue weighted by Crippen LogP contribution is 2.20. The van der Waals surface area contributed by atoms with Gasteiger partial charge in [0.1, 0.15) is 11.3 Å². The van der Waals surface area contributed by atoms with Crippen LogP contribution in [0.15, 0.2) is 41.1 Å². The number of halogens is 2. The average Bonchev–Trinajstić information content (AvgIpc) is 2.77. The van der Waals surface area contributed by atoms with Crippen molar-refractivity contribution in [2.24, 2.45) is 0 Å². The van der Waals surface area contributed by atoms with Crippen molar-refractivity contribution in [3.05, 3.63) is 52.7 Å². The van der Waals surface area contributed by atoms with Crippen molar-refractivity contribution in [2.75, 3.05) is 5.88 Å². The molecule has 0 N–H and O–H groups in total. The summed E-state index contributed by atoms with van der Waals surface area (Å²) in [5.41, 5.74) is 2.71. The fourth-order valence-electron chi connectivity index (χ4n) is 2.13. The van der Waals surface area contributed by atoms with Crippen molar-refractivity contribution in [3.8, 4) is 0 Å². The third kappa shape index (κ3) is 2.69. The first-order valence-corrected chi connectivity index (χ1v) is 7.57. The van der Waals surface area contributed by atoms with Gasteiger partial charge in [-0.25, -0.2) is 9.97 Å². The van der Waals surface area contributed by atoms with Gasteiger partial charge in [0, 0.05) is 29.2 Å². The molecule has 102 valence electrons. The van der Waals surface area contributed by atoms with Crippen molar-refractivity contribution in [1.82, 2.24) is 19.5 Å². The van der Waals surface area contributed by atoms with Crippen LogP contribution in [0.2, 0.25) is 0 Å². The zero-order valence-electron chi connectivity index (χ0n) is 10.6. The van der Waals surface area contributed by atoms with Crippen molar-refractivity contribution in [3.63, 3.8) is 0 Å². The van der Waals surface area contributed by atoms with Crippen LogP contribution in [0.4, 0.5) is 0 Å². The van der Waals surface area contributed by atoms with Crippen LogP contribution in [0.5, 0.6) is 0 Å². The van der Waals surface area contributed by atoms with Crippen molar-refractivity contribution in [1.29, 1.82) is 0 Å². The summed E-state index contributed by atoms with van der Waals surface area (Å²) in [6.07, 6.45) is 4.28. The Balaban J connectivity index is 2.09. The fourth-order valence-corrected chi connectivity index (χ4v) is 2.62. The molecular formula is C14H12BrClN4. The maximum atomic E-state index is 5.87. The van der Waals surface area contributed by atoms with Gasteiger partial charge >= 0.3 is 0 Å². The van der Waals surface area contributed by atoms with Crippen molar-refractivity contribution < 1.29 is 0 Å². The maximum absolute atomic E-state index is 5.87. The molecule has 0 aromatic carbocycles. The Labute approximate surface area is 130 Å². The van der Waals surface area contributed by atoms with Gasteiger partial charge in [-0.2, -0.15) is 0 Å². The van der Waals surface area contributed by atoms with Gasteiger partial charge in [0.2, 0.25) is 0 Å². The largest absolute Gasteiger partial charge is 0.307 e. The molecule has 0 atom stereocenters. The predicted molar refractivity (Wildman–Crippen MR) is 83.0 cm³/mol. The topological polar surface area (TPSA) is 43.6 Å². The number of rotatable bonds is 4. The molecule has 4 nitrogen and oxygen atoms in total. The van der Waals surface area contributed by atoms with E-state index >= 15 is 0 Å². The van der Waals surface area contributed by atoms with Crippen LogP contribution in [0, 0.1) is 0 Å². The highest BCUT2D eigenvalue weighted by atomic mass is 79.9. The van der Waals surface area contributed by atoms with E-state index < -0.39 is 0 Å². The number of fused-ring (bicyclic) bond motifs is 1. The molecule has 0 saturated heterocycles. The Kier molecular flexibility index (Phi) is 3.98. The first-order valence-electron chi connectivity index (χ1n) is 6.24. The number of nitrogens with zero attached hydrogens (tertiary/aromatic N) is 4. The van der Waals surface area contributed by atoms with Crippen LogP contribution in [0.25, 0.3) is 11.2 Å². The molecular weight excluding hydrogens is 340 g/mol. The third-order valence-electron chi connectivity index (χ3n) is 2.99. The Morgan fingerprint density at radius 3 is 2.90 bits per heavy atom. The summed E-state index contributed by atoms with van der Waals surface area (Å²) in [6.45, 7) is 0.651. The molecule has 0 bridgehead atoms. The summed E-state index contributed by atoms with van der Waals surface area (Å²) in [5, 5.41) is 0. The fraction of sp³-hybridized carbons (Fsp3) is 0.214. The molecule has 0 saturated carbocycles. The predicted octanol–water partition coefficient (Wildman–Crippen LogP) is 3.42. The first-order chi connectivity index (χ1) is 9.78. The minimum Gasteiger partial charge on any atom is -0.307 e. The first kappa shape index (κ1) is 13.5.